The van der Waals surface area contributed by atoms with Gasteiger partial charge in [0.2, 0.25) is 0 Å². The van der Waals surface area contributed by atoms with Crippen molar-refractivity contribution in [2.75, 3.05) is 11.7 Å². The number of nitrogens with two attached hydrogens (primary N) is 1. The fourth-order valence-corrected chi connectivity index (χ4v) is 2.24. The number of rotatable bonds is 2. The Morgan fingerprint density at radius 3 is 2.73 bits per heavy atom. The van der Waals surface area contributed by atoms with Gasteiger partial charge in [-0.1, -0.05) is 6.07 Å². The average Bonchev–Trinajstić information content (AvgIpc) is 2.04. The fourth-order valence-electron chi connectivity index (χ4n) is 0.815. The molecule has 60 valence electrons. The second-order valence-electron chi connectivity index (χ2n) is 1.96. The number of nitrogen functional groups attached to an aromatic ring is 1. The van der Waals surface area contributed by atoms with Gasteiger partial charge in [-0.2, -0.15) is 0 Å². The summed E-state index contributed by atoms with van der Waals surface area (Å²) < 4.78 is 1.15. The van der Waals surface area contributed by atoms with Crippen LogP contribution in [-0.2, 0) is 0 Å². The molecular formula is C7H9IN2S. The number of hydrazine groups is 1. The Morgan fingerprint density at radius 2 is 2.27 bits per heavy atom. The Morgan fingerprint density at radius 1 is 1.55 bits per heavy atom. The van der Waals surface area contributed by atoms with Crippen LogP contribution < -0.4 is 11.3 Å². The van der Waals surface area contributed by atoms with Crippen molar-refractivity contribution in [3.63, 3.8) is 0 Å². The first kappa shape index (κ1) is 9.15. The van der Waals surface area contributed by atoms with E-state index in [2.05, 4.69) is 28.0 Å². The summed E-state index contributed by atoms with van der Waals surface area (Å²) in [5, 5.41) is 0. The summed E-state index contributed by atoms with van der Waals surface area (Å²) in [5.74, 6) is 5.36. The third-order valence-corrected chi connectivity index (χ3v) is 3.02. The van der Waals surface area contributed by atoms with Crippen molar-refractivity contribution in [2.24, 2.45) is 5.84 Å². The molecule has 0 fully saturated rings. The SMILES string of the molecule is CSc1cccc(I)c1NN. The second kappa shape index (κ2) is 4.18. The molecule has 11 heavy (non-hydrogen) atoms. The number of hydrogen-bond acceptors (Lipinski definition) is 3. The number of anilines is 1. The predicted octanol–water partition coefficient (Wildman–Crippen LogP) is 2.30. The molecular weight excluding hydrogens is 271 g/mol. The molecule has 0 amide bonds. The molecule has 0 unspecified atom stereocenters. The van der Waals surface area contributed by atoms with Gasteiger partial charge in [0.15, 0.2) is 0 Å². The Labute approximate surface area is 84.0 Å². The van der Waals surface area contributed by atoms with Gasteiger partial charge in [-0.25, -0.2) is 0 Å². The molecule has 0 atom stereocenters. The minimum Gasteiger partial charge on any atom is -0.322 e. The van der Waals surface area contributed by atoms with E-state index in [0.717, 1.165) is 9.26 Å². The normalized spacial score (nSPS) is 9.73. The first-order valence-electron chi connectivity index (χ1n) is 3.08. The predicted molar refractivity (Wildman–Crippen MR) is 58.8 cm³/mol. The highest BCUT2D eigenvalue weighted by Crippen LogP contribution is 2.28. The summed E-state index contributed by atoms with van der Waals surface area (Å²) in [6.45, 7) is 0. The summed E-state index contributed by atoms with van der Waals surface area (Å²) in [7, 11) is 0. The van der Waals surface area contributed by atoms with Crippen LogP contribution in [-0.4, -0.2) is 6.26 Å². The maximum absolute atomic E-state index is 5.36. The minimum atomic E-state index is 1.01. The summed E-state index contributed by atoms with van der Waals surface area (Å²) >= 11 is 3.94. The first-order valence-corrected chi connectivity index (χ1v) is 5.39. The Bertz CT molecular complexity index is 252. The van der Waals surface area contributed by atoms with E-state index < -0.39 is 0 Å². The molecule has 4 heteroatoms. The highest BCUT2D eigenvalue weighted by Gasteiger charge is 2.02. The molecule has 2 nitrogen and oxygen atoms in total. The van der Waals surface area contributed by atoms with Crippen LogP contribution in [0.3, 0.4) is 0 Å². The van der Waals surface area contributed by atoms with Gasteiger partial charge in [-0.15, -0.1) is 11.8 Å². The molecule has 0 radical (unpaired) electrons. The third-order valence-electron chi connectivity index (χ3n) is 1.34. The molecule has 1 aromatic carbocycles. The number of halogens is 1. The van der Waals surface area contributed by atoms with E-state index in [-0.39, 0.29) is 0 Å². The van der Waals surface area contributed by atoms with E-state index in [1.54, 1.807) is 11.8 Å². The Balaban J connectivity index is 3.13. The summed E-state index contributed by atoms with van der Waals surface area (Å²) in [4.78, 5) is 1.18. The quantitative estimate of drug-likeness (QED) is 0.378. The van der Waals surface area contributed by atoms with E-state index in [9.17, 15) is 0 Å². The third kappa shape index (κ3) is 2.00. The van der Waals surface area contributed by atoms with Crippen LogP contribution in [0, 0.1) is 3.57 Å². The van der Waals surface area contributed by atoms with Gasteiger partial charge in [0.1, 0.15) is 0 Å². The van der Waals surface area contributed by atoms with Crippen molar-refractivity contribution in [3.8, 4) is 0 Å². The summed E-state index contributed by atoms with van der Waals surface area (Å²) in [5.41, 5.74) is 3.70. The number of nitrogens with one attached hydrogen (secondary N) is 1. The minimum absolute atomic E-state index is 1.01. The number of benzene rings is 1. The highest BCUT2D eigenvalue weighted by molar-refractivity contribution is 14.1. The first-order chi connectivity index (χ1) is 5.29. The van der Waals surface area contributed by atoms with E-state index >= 15 is 0 Å². The number of para-hydroxylation sites is 1. The van der Waals surface area contributed by atoms with E-state index in [1.807, 2.05) is 24.5 Å². The van der Waals surface area contributed by atoms with Gasteiger partial charge in [0.05, 0.1) is 5.69 Å². The lowest BCUT2D eigenvalue weighted by Crippen LogP contribution is -2.09. The zero-order chi connectivity index (χ0) is 8.27. The van der Waals surface area contributed by atoms with Crippen LogP contribution in [0.1, 0.15) is 0 Å². The van der Waals surface area contributed by atoms with Crippen LogP contribution in [0.15, 0.2) is 23.1 Å². The smallest absolute Gasteiger partial charge is 0.0755 e. The number of thioether (sulfide) groups is 1. The molecule has 0 spiro atoms. The zero-order valence-electron chi connectivity index (χ0n) is 6.10. The topological polar surface area (TPSA) is 38.0 Å². The lowest BCUT2D eigenvalue weighted by Gasteiger charge is -2.07. The molecule has 1 rings (SSSR count). The Hall–Kier alpha value is 0.0600. The van der Waals surface area contributed by atoms with Crippen molar-refractivity contribution in [3.05, 3.63) is 21.8 Å². The second-order valence-corrected chi connectivity index (χ2v) is 3.97. The van der Waals surface area contributed by atoms with Crippen LogP contribution >= 0.6 is 34.4 Å². The van der Waals surface area contributed by atoms with E-state index in [4.69, 9.17) is 5.84 Å². The summed E-state index contributed by atoms with van der Waals surface area (Å²) in [6, 6.07) is 6.09. The molecule has 0 bridgehead atoms. The van der Waals surface area contributed by atoms with Gasteiger partial charge in [0, 0.05) is 8.47 Å². The van der Waals surface area contributed by atoms with Crippen molar-refractivity contribution in [1.29, 1.82) is 0 Å². The van der Waals surface area contributed by atoms with Crippen molar-refractivity contribution < 1.29 is 0 Å². The molecule has 0 aliphatic heterocycles. The van der Waals surface area contributed by atoms with Crippen LogP contribution in [0.2, 0.25) is 0 Å². The molecule has 3 N–H and O–H groups in total. The van der Waals surface area contributed by atoms with Gasteiger partial charge < -0.3 is 5.43 Å². The van der Waals surface area contributed by atoms with E-state index in [0.29, 0.717) is 0 Å². The van der Waals surface area contributed by atoms with Crippen LogP contribution in [0.5, 0.6) is 0 Å². The largest absolute Gasteiger partial charge is 0.322 e. The van der Waals surface area contributed by atoms with Crippen molar-refractivity contribution in [1.82, 2.24) is 0 Å². The molecule has 0 aromatic heterocycles. The maximum atomic E-state index is 5.36. The zero-order valence-corrected chi connectivity index (χ0v) is 9.07. The standard InChI is InChI=1S/C7H9IN2S/c1-11-6-4-2-3-5(8)7(6)10-9/h2-4,10H,9H2,1H3. The van der Waals surface area contributed by atoms with Gasteiger partial charge in [-0.3, -0.25) is 5.84 Å². The van der Waals surface area contributed by atoms with Gasteiger partial charge >= 0.3 is 0 Å². The summed E-state index contributed by atoms with van der Waals surface area (Å²) in [6.07, 6.45) is 2.03. The molecule has 0 aliphatic rings. The molecule has 1 aromatic rings. The lowest BCUT2D eigenvalue weighted by molar-refractivity contribution is 1.28. The highest BCUT2D eigenvalue weighted by atomic mass is 127. The molecule has 0 aliphatic carbocycles. The number of hydrogen-bond donors (Lipinski definition) is 2. The molecule has 0 saturated heterocycles. The van der Waals surface area contributed by atoms with Crippen LogP contribution in [0.4, 0.5) is 5.69 Å². The van der Waals surface area contributed by atoms with Gasteiger partial charge in [-0.05, 0) is 41.0 Å². The maximum Gasteiger partial charge on any atom is 0.0755 e. The average molecular weight is 280 g/mol. The molecule has 0 heterocycles. The van der Waals surface area contributed by atoms with Crippen molar-refractivity contribution >= 4 is 40.0 Å². The van der Waals surface area contributed by atoms with Crippen LogP contribution in [0.25, 0.3) is 0 Å². The lowest BCUT2D eigenvalue weighted by atomic mass is 10.3. The monoisotopic (exact) mass is 280 g/mol. The van der Waals surface area contributed by atoms with E-state index in [1.165, 1.54) is 4.90 Å². The fraction of sp³-hybridized carbons (Fsp3) is 0.143. The molecule has 0 saturated carbocycles. The van der Waals surface area contributed by atoms with Crippen molar-refractivity contribution in [2.45, 2.75) is 4.90 Å². The Kier molecular flexibility index (Phi) is 3.47. The van der Waals surface area contributed by atoms with Gasteiger partial charge in [0.25, 0.3) is 0 Å².